The zero-order chi connectivity index (χ0) is 30.8. The van der Waals surface area contributed by atoms with E-state index < -0.39 is 5.54 Å². The number of anilines is 2. The number of halogens is 1. The Kier molecular flexibility index (Phi) is 8.81. The predicted octanol–water partition coefficient (Wildman–Crippen LogP) is 4.58. The van der Waals surface area contributed by atoms with E-state index in [9.17, 15) is 5.26 Å². The third-order valence-electron chi connectivity index (χ3n) is 8.52. The van der Waals surface area contributed by atoms with E-state index in [1.807, 2.05) is 42.1 Å². The molecule has 1 unspecified atom stereocenters. The number of nitrogens with zero attached hydrogens (tertiary/aromatic N) is 6. The van der Waals surface area contributed by atoms with Crippen molar-refractivity contribution >= 4 is 46.9 Å². The van der Waals surface area contributed by atoms with Crippen molar-refractivity contribution in [3.63, 3.8) is 0 Å². The first-order chi connectivity index (χ1) is 21.2. The molecule has 4 aromatic rings. The topological polar surface area (TPSA) is 99.0 Å². The fourth-order valence-electron chi connectivity index (χ4n) is 5.83. The predicted molar refractivity (Wildman–Crippen MR) is 178 cm³/mol. The van der Waals surface area contributed by atoms with E-state index >= 15 is 0 Å². The maximum atomic E-state index is 9.90. The fourth-order valence-corrected chi connectivity index (χ4v) is 6.93. The van der Waals surface area contributed by atoms with E-state index in [0.29, 0.717) is 28.7 Å². The van der Waals surface area contributed by atoms with Crippen LogP contribution in [0.15, 0.2) is 71.1 Å². The lowest BCUT2D eigenvalue weighted by atomic mass is 9.84. The Morgan fingerprint density at radius 1 is 1.11 bits per heavy atom. The molecule has 0 bridgehead atoms. The highest BCUT2D eigenvalue weighted by Crippen LogP contribution is 2.35. The maximum absolute atomic E-state index is 9.90. The van der Waals surface area contributed by atoms with Crippen molar-refractivity contribution in [2.75, 3.05) is 31.5 Å². The largest absolute Gasteiger partial charge is 0.354 e. The summed E-state index contributed by atoms with van der Waals surface area (Å²) < 4.78 is 1.95. The summed E-state index contributed by atoms with van der Waals surface area (Å²) in [7, 11) is 1.95. The first-order valence-corrected chi connectivity index (χ1v) is 16.1. The van der Waals surface area contributed by atoms with Crippen LogP contribution in [0.25, 0.3) is 12.2 Å². The van der Waals surface area contributed by atoms with Crippen LogP contribution >= 0.6 is 23.4 Å². The third-order valence-corrected chi connectivity index (χ3v) is 10.1. The van der Waals surface area contributed by atoms with Gasteiger partial charge in [0.2, 0.25) is 0 Å². The standard InChI is InChI=1S/C34H37ClN8S/c1-23(2)43-16-14-42(15-17-43)22-24-4-6-26(7-5-24)34(37)11-10-28-30(19-34)39-21-25(20-36)32(28)40-27-8-9-31(29(35)18-27)44-33-38-12-13-41(33)3/h4-10,12-13,18-19,21,23,40H,11,14-17,22,37H2,1-3H3. The number of aromatic nitrogens is 3. The minimum atomic E-state index is -0.694. The Balaban J connectivity index is 1.21. The van der Waals surface area contributed by atoms with Crippen LogP contribution in [0.3, 0.4) is 0 Å². The minimum absolute atomic E-state index is 0.457. The SMILES string of the molecule is CC(C)N1CCN(Cc2ccc(C3(N)C=c4ncc(C#N)c(Nc5ccc(Sc6nccn6C)c(Cl)c5)c4=CC3)cc2)CC1. The number of hydrogen-bond acceptors (Lipinski definition) is 8. The van der Waals surface area contributed by atoms with Crippen molar-refractivity contribution in [1.82, 2.24) is 24.3 Å². The van der Waals surface area contributed by atoms with Gasteiger partial charge in [-0.2, -0.15) is 5.26 Å². The van der Waals surface area contributed by atoms with Crippen molar-refractivity contribution in [1.29, 1.82) is 5.26 Å². The molecule has 1 saturated heterocycles. The second-order valence-corrected chi connectivity index (χ2v) is 13.3. The monoisotopic (exact) mass is 624 g/mol. The Hall–Kier alpha value is -3.65. The Morgan fingerprint density at radius 3 is 2.55 bits per heavy atom. The molecule has 0 amide bonds. The molecule has 44 heavy (non-hydrogen) atoms. The van der Waals surface area contributed by atoms with E-state index in [0.717, 1.165) is 64.6 Å². The normalized spacial score (nSPS) is 18.8. The molecule has 3 heterocycles. The molecule has 8 nitrogen and oxygen atoms in total. The van der Waals surface area contributed by atoms with E-state index in [1.165, 1.54) is 17.3 Å². The minimum Gasteiger partial charge on any atom is -0.354 e. The summed E-state index contributed by atoms with van der Waals surface area (Å²) in [6.45, 7) is 9.90. The summed E-state index contributed by atoms with van der Waals surface area (Å²) in [4.78, 5) is 15.0. The van der Waals surface area contributed by atoms with Crippen LogP contribution in [0.1, 0.15) is 37.0 Å². The van der Waals surface area contributed by atoms with Gasteiger partial charge in [0.25, 0.3) is 0 Å². The molecule has 6 rings (SSSR count). The van der Waals surface area contributed by atoms with E-state index in [4.69, 9.17) is 17.3 Å². The molecular formula is C34H37ClN8S. The summed E-state index contributed by atoms with van der Waals surface area (Å²) in [6.07, 6.45) is 9.96. The van der Waals surface area contributed by atoms with E-state index in [1.54, 1.807) is 12.4 Å². The molecule has 0 spiro atoms. The number of piperazine rings is 1. The summed E-state index contributed by atoms with van der Waals surface area (Å²) in [6, 6.07) is 17.3. The van der Waals surface area contributed by atoms with Crippen LogP contribution in [-0.2, 0) is 19.1 Å². The van der Waals surface area contributed by atoms with E-state index in [2.05, 4.69) is 75.3 Å². The van der Waals surface area contributed by atoms with Gasteiger partial charge in [0.15, 0.2) is 5.16 Å². The zero-order valence-electron chi connectivity index (χ0n) is 25.3. The van der Waals surface area contributed by atoms with Gasteiger partial charge in [-0.1, -0.05) is 53.7 Å². The summed E-state index contributed by atoms with van der Waals surface area (Å²) >= 11 is 8.16. The van der Waals surface area contributed by atoms with Gasteiger partial charge in [0, 0.05) is 80.2 Å². The van der Waals surface area contributed by atoms with Crippen LogP contribution in [0.4, 0.5) is 11.4 Å². The number of pyridine rings is 1. The first kappa shape index (κ1) is 30.4. The van der Waals surface area contributed by atoms with Crippen LogP contribution < -0.4 is 21.6 Å². The Labute approximate surface area is 267 Å². The Morgan fingerprint density at radius 2 is 1.89 bits per heavy atom. The molecule has 1 aliphatic carbocycles. The molecule has 1 aliphatic heterocycles. The van der Waals surface area contributed by atoms with Crippen molar-refractivity contribution in [2.24, 2.45) is 12.8 Å². The molecule has 3 N–H and O–H groups in total. The molecule has 226 valence electrons. The zero-order valence-corrected chi connectivity index (χ0v) is 26.9. The second kappa shape index (κ2) is 12.8. The van der Waals surface area contributed by atoms with E-state index in [-0.39, 0.29) is 0 Å². The molecular weight excluding hydrogens is 588 g/mol. The van der Waals surface area contributed by atoms with Gasteiger partial charge < -0.3 is 15.6 Å². The molecule has 2 aliphatic rings. The quantitative estimate of drug-likeness (QED) is 0.294. The lowest BCUT2D eigenvalue weighted by molar-refractivity contribution is 0.104. The van der Waals surface area contributed by atoms with Gasteiger partial charge in [-0.05, 0) is 55.7 Å². The number of nitriles is 1. The number of aryl methyl sites for hydroxylation is 1. The highest BCUT2D eigenvalue weighted by molar-refractivity contribution is 7.99. The van der Waals surface area contributed by atoms with Gasteiger partial charge in [0.1, 0.15) is 6.07 Å². The lowest BCUT2D eigenvalue weighted by Gasteiger charge is -2.37. The highest BCUT2D eigenvalue weighted by Gasteiger charge is 2.27. The molecule has 10 heteroatoms. The number of imidazole rings is 1. The number of hydrogen-bond donors (Lipinski definition) is 2. The summed E-state index contributed by atoms with van der Waals surface area (Å²) in [5.41, 5.74) is 10.6. The third kappa shape index (κ3) is 6.41. The lowest BCUT2D eigenvalue weighted by Crippen LogP contribution is -2.48. The average Bonchev–Trinajstić information content (AvgIpc) is 3.43. The maximum Gasteiger partial charge on any atom is 0.172 e. The van der Waals surface area contributed by atoms with Crippen molar-refractivity contribution in [3.05, 3.63) is 93.3 Å². The molecule has 2 aromatic heterocycles. The number of benzene rings is 2. The van der Waals surface area contributed by atoms with Crippen molar-refractivity contribution in [2.45, 2.75) is 48.4 Å². The van der Waals surface area contributed by atoms with Gasteiger partial charge in [-0.3, -0.25) is 14.8 Å². The fraction of sp³-hybridized carbons (Fsp3) is 0.324. The van der Waals surface area contributed by atoms with Gasteiger partial charge in [0.05, 0.1) is 27.2 Å². The first-order valence-electron chi connectivity index (χ1n) is 14.9. The van der Waals surface area contributed by atoms with Crippen LogP contribution in [0.2, 0.25) is 5.02 Å². The number of nitrogens with one attached hydrogen (secondary N) is 1. The van der Waals surface area contributed by atoms with Crippen molar-refractivity contribution < 1.29 is 0 Å². The average molecular weight is 625 g/mol. The number of fused-ring (bicyclic) bond motifs is 1. The summed E-state index contributed by atoms with van der Waals surface area (Å²) in [5.74, 6) is 0. The Bertz CT molecular complexity index is 1820. The van der Waals surface area contributed by atoms with Crippen LogP contribution in [0, 0.1) is 11.3 Å². The van der Waals surface area contributed by atoms with Gasteiger partial charge in [-0.15, -0.1) is 0 Å². The second-order valence-electron chi connectivity index (χ2n) is 11.8. The molecule has 0 saturated carbocycles. The summed E-state index contributed by atoms with van der Waals surface area (Å²) in [5, 5.41) is 16.4. The number of rotatable bonds is 8. The molecule has 1 atom stereocenters. The van der Waals surface area contributed by atoms with Gasteiger partial charge >= 0.3 is 0 Å². The molecule has 2 aromatic carbocycles. The number of nitrogens with two attached hydrogens (primary N) is 1. The van der Waals surface area contributed by atoms with Crippen LogP contribution in [-0.4, -0.2) is 56.6 Å². The smallest absolute Gasteiger partial charge is 0.172 e. The molecule has 1 fully saturated rings. The van der Waals surface area contributed by atoms with Gasteiger partial charge in [-0.25, -0.2) is 4.98 Å². The van der Waals surface area contributed by atoms with Crippen LogP contribution in [0.5, 0.6) is 0 Å². The molecule has 0 radical (unpaired) electrons. The van der Waals surface area contributed by atoms with Crippen molar-refractivity contribution in [3.8, 4) is 6.07 Å². The highest BCUT2D eigenvalue weighted by atomic mass is 35.5.